The van der Waals surface area contributed by atoms with Gasteiger partial charge in [-0.2, -0.15) is 0 Å². The Morgan fingerprint density at radius 1 is 1.50 bits per heavy atom. The lowest BCUT2D eigenvalue weighted by atomic mass is 10.1. The predicted octanol–water partition coefficient (Wildman–Crippen LogP) is 2.19. The van der Waals surface area contributed by atoms with Crippen LogP contribution < -0.4 is 0 Å². The van der Waals surface area contributed by atoms with Crippen LogP contribution >= 0.6 is 0 Å². The maximum atomic E-state index is 11.1. The first-order valence-electron chi connectivity index (χ1n) is 7.09. The molecule has 1 atom stereocenters. The van der Waals surface area contributed by atoms with Crippen LogP contribution in [0, 0.1) is 0 Å². The van der Waals surface area contributed by atoms with Gasteiger partial charge in [-0.3, -0.25) is 0 Å². The summed E-state index contributed by atoms with van der Waals surface area (Å²) in [5.41, 5.74) is -0.0872. The number of hydrogen-bond acceptors (Lipinski definition) is 2. The fourth-order valence-corrected chi connectivity index (χ4v) is 1.39. The molecule has 2 aromatic rings. The third-order valence-electron chi connectivity index (χ3n) is 2.24. The van der Waals surface area contributed by atoms with E-state index < -0.39 is 30.1 Å². The zero-order valence-electron chi connectivity index (χ0n) is 13.5. The summed E-state index contributed by atoms with van der Waals surface area (Å²) >= 11 is 0. The van der Waals surface area contributed by atoms with Crippen LogP contribution in [0.1, 0.15) is 35.9 Å². The molecule has 0 saturated heterocycles. The topological polar surface area (TPSA) is 55.1 Å². The van der Waals surface area contributed by atoms with E-state index in [0.29, 0.717) is 0 Å². The van der Waals surface area contributed by atoms with Crippen LogP contribution in [-0.2, 0) is 0 Å². The first-order valence-corrected chi connectivity index (χ1v) is 4.59. The minimum atomic E-state index is -1.20. The van der Waals surface area contributed by atoms with Gasteiger partial charge in [-0.1, -0.05) is 30.2 Å². The molecule has 0 amide bonds. The molecule has 0 aliphatic rings. The SMILES string of the molecule is [2H]c1c([2H])c([2H])c(C(C)n2cncc2C(=O)O)c([2H])c1[2H]. The van der Waals surface area contributed by atoms with Crippen molar-refractivity contribution in [3.8, 4) is 0 Å². The number of aromatic nitrogens is 2. The van der Waals surface area contributed by atoms with E-state index in [1.807, 2.05) is 0 Å². The molecule has 4 heteroatoms. The Bertz CT molecular complexity index is 700. The van der Waals surface area contributed by atoms with Crippen LogP contribution in [0.25, 0.3) is 0 Å². The number of aromatic carboxylic acids is 1. The van der Waals surface area contributed by atoms with Crippen LogP contribution in [0.4, 0.5) is 0 Å². The van der Waals surface area contributed by atoms with Crippen molar-refractivity contribution in [3.63, 3.8) is 0 Å². The van der Waals surface area contributed by atoms with Crippen molar-refractivity contribution in [3.05, 3.63) is 54.0 Å². The molecule has 82 valence electrons. The summed E-state index contributed by atoms with van der Waals surface area (Å²) in [4.78, 5) is 14.9. The molecule has 1 unspecified atom stereocenters. The quantitative estimate of drug-likeness (QED) is 0.864. The van der Waals surface area contributed by atoms with Gasteiger partial charge in [0, 0.05) is 0 Å². The van der Waals surface area contributed by atoms with Gasteiger partial charge < -0.3 is 9.67 Å². The van der Waals surface area contributed by atoms with Crippen molar-refractivity contribution in [2.24, 2.45) is 0 Å². The molecule has 2 rings (SSSR count). The molecule has 1 aromatic carbocycles. The summed E-state index contributed by atoms with van der Waals surface area (Å²) in [6.45, 7) is 1.56. The van der Waals surface area contributed by atoms with Gasteiger partial charge in [0.1, 0.15) is 5.69 Å². The molecule has 0 spiro atoms. The second-order valence-corrected chi connectivity index (χ2v) is 3.21. The highest BCUT2D eigenvalue weighted by Crippen LogP contribution is 2.19. The normalized spacial score (nSPS) is 16.7. The first-order chi connectivity index (χ1) is 9.77. The molecule has 0 aliphatic carbocycles. The second-order valence-electron chi connectivity index (χ2n) is 3.21. The molecule has 0 radical (unpaired) electrons. The van der Waals surface area contributed by atoms with Gasteiger partial charge in [0.2, 0.25) is 0 Å². The molecule has 0 fully saturated rings. The second kappa shape index (κ2) is 4.18. The van der Waals surface area contributed by atoms with E-state index in [4.69, 9.17) is 12.0 Å². The molecule has 16 heavy (non-hydrogen) atoms. The van der Waals surface area contributed by atoms with Crippen LogP contribution in [0.15, 0.2) is 42.7 Å². The number of rotatable bonds is 3. The van der Waals surface area contributed by atoms with E-state index in [-0.39, 0.29) is 23.3 Å². The summed E-state index contributed by atoms with van der Waals surface area (Å²) in [5, 5.41) is 9.08. The highest BCUT2D eigenvalue weighted by molar-refractivity contribution is 5.85. The fourth-order valence-electron chi connectivity index (χ4n) is 1.39. The van der Waals surface area contributed by atoms with Crippen molar-refractivity contribution in [2.75, 3.05) is 0 Å². The zero-order chi connectivity index (χ0) is 15.9. The van der Waals surface area contributed by atoms with Gasteiger partial charge in [0.05, 0.1) is 25.4 Å². The number of nitrogens with zero attached hydrogens (tertiary/aromatic N) is 2. The molecular formula is C12H12N2O2. The number of carboxylic acid groups (broad SMARTS) is 1. The Morgan fingerprint density at radius 2 is 2.19 bits per heavy atom. The summed E-state index contributed by atoms with van der Waals surface area (Å²) in [7, 11) is 0. The summed E-state index contributed by atoms with van der Waals surface area (Å²) in [6, 6.07) is -2.83. The van der Waals surface area contributed by atoms with Crippen molar-refractivity contribution < 1.29 is 16.8 Å². The van der Waals surface area contributed by atoms with E-state index in [9.17, 15) is 4.79 Å². The average molecular weight is 221 g/mol. The fraction of sp³-hybridized carbons (Fsp3) is 0.167. The Morgan fingerprint density at radius 3 is 2.81 bits per heavy atom. The third-order valence-corrected chi connectivity index (χ3v) is 2.24. The van der Waals surface area contributed by atoms with Crippen molar-refractivity contribution in [1.29, 1.82) is 0 Å². The summed E-state index contributed by atoms with van der Waals surface area (Å²) in [6.07, 6.45) is 2.41. The first kappa shape index (κ1) is 5.84. The lowest BCUT2D eigenvalue weighted by molar-refractivity contribution is 0.0684. The van der Waals surface area contributed by atoms with Crippen LogP contribution in [-0.4, -0.2) is 20.6 Å². The highest BCUT2D eigenvalue weighted by Gasteiger charge is 2.15. The minimum absolute atomic E-state index is 0.0292. The Kier molecular flexibility index (Phi) is 1.53. The van der Waals surface area contributed by atoms with Crippen molar-refractivity contribution in [1.82, 2.24) is 9.55 Å². The molecule has 1 N–H and O–H groups in total. The smallest absolute Gasteiger partial charge is 0.354 e. The molecule has 0 aliphatic heterocycles. The highest BCUT2D eigenvalue weighted by atomic mass is 16.4. The van der Waals surface area contributed by atoms with Crippen LogP contribution in [0.5, 0.6) is 0 Å². The van der Waals surface area contributed by atoms with Gasteiger partial charge in [-0.15, -0.1) is 0 Å². The molecule has 0 bridgehead atoms. The Labute approximate surface area is 100 Å². The lowest BCUT2D eigenvalue weighted by Crippen LogP contribution is -2.12. The van der Waals surface area contributed by atoms with Crippen LogP contribution in [0.2, 0.25) is 0 Å². The number of imidazole rings is 1. The van der Waals surface area contributed by atoms with E-state index >= 15 is 0 Å². The Balaban J connectivity index is 2.67. The predicted molar refractivity (Wildman–Crippen MR) is 59.4 cm³/mol. The summed E-state index contributed by atoms with van der Waals surface area (Å²) in [5.74, 6) is -1.20. The lowest BCUT2D eigenvalue weighted by Gasteiger charge is -2.15. The molecule has 4 nitrogen and oxygen atoms in total. The van der Waals surface area contributed by atoms with Gasteiger partial charge >= 0.3 is 5.97 Å². The maximum Gasteiger partial charge on any atom is 0.354 e. The molecule has 0 saturated carbocycles. The summed E-state index contributed by atoms with van der Waals surface area (Å²) < 4.78 is 39.9. The van der Waals surface area contributed by atoms with E-state index in [1.54, 1.807) is 6.92 Å². The van der Waals surface area contributed by atoms with E-state index in [0.717, 1.165) is 6.20 Å². The third kappa shape index (κ3) is 1.82. The van der Waals surface area contributed by atoms with Crippen molar-refractivity contribution >= 4 is 5.97 Å². The van der Waals surface area contributed by atoms with E-state index in [1.165, 1.54) is 10.9 Å². The number of benzene rings is 1. The minimum Gasteiger partial charge on any atom is -0.477 e. The van der Waals surface area contributed by atoms with Gasteiger partial charge in [0.15, 0.2) is 0 Å². The van der Waals surface area contributed by atoms with Gasteiger partial charge in [0.25, 0.3) is 0 Å². The Hall–Kier alpha value is -2.10. The van der Waals surface area contributed by atoms with Crippen LogP contribution in [0.3, 0.4) is 0 Å². The maximum absolute atomic E-state index is 11.1. The van der Waals surface area contributed by atoms with E-state index in [2.05, 4.69) is 4.98 Å². The van der Waals surface area contributed by atoms with Gasteiger partial charge in [-0.05, 0) is 12.5 Å². The van der Waals surface area contributed by atoms with Crippen molar-refractivity contribution in [2.45, 2.75) is 13.0 Å². The number of hydrogen-bond donors (Lipinski definition) is 1. The molecule has 1 heterocycles. The zero-order valence-corrected chi connectivity index (χ0v) is 8.48. The average Bonchev–Trinajstić information content (AvgIpc) is 2.92. The molecular weight excluding hydrogens is 204 g/mol. The molecule has 1 aromatic heterocycles. The number of carbonyl (C=O) groups is 1. The monoisotopic (exact) mass is 221 g/mol. The number of carboxylic acids is 1. The standard InChI is InChI=1S/C12H12N2O2/c1-9(10-5-3-2-4-6-10)14-8-13-7-11(14)12(15)16/h2-9H,1H3,(H,15,16)/i2D,3D,4D,5D,6D. The van der Waals surface area contributed by atoms with Gasteiger partial charge in [-0.25, -0.2) is 9.78 Å². The largest absolute Gasteiger partial charge is 0.477 e.